The summed E-state index contributed by atoms with van der Waals surface area (Å²) in [5.74, 6) is 0.222. The highest BCUT2D eigenvalue weighted by molar-refractivity contribution is 7.10. The molecule has 1 aromatic carbocycles. The third-order valence-corrected chi connectivity index (χ3v) is 5.94. The summed E-state index contributed by atoms with van der Waals surface area (Å²) in [5.41, 5.74) is 1.07. The monoisotopic (exact) mass is 362 g/mol. The summed E-state index contributed by atoms with van der Waals surface area (Å²) in [4.78, 5) is 18.4. The van der Waals surface area contributed by atoms with Crippen molar-refractivity contribution in [2.45, 2.75) is 32.4 Å². The molecule has 1 aliphatic heterocycles. The van der Waals surface area contributed by atoms with E-state index in [1.807, 2.05) is 24.3 Å². The quantitative estimate of drug-likeness (QED) is 0.750. The van der Waals surface area contributed by atoms with Gasteiger partial charge in [0.2, 0.25) is 5.91 Å². The van der Waals surface area contributed by atoms with E-state index in [0.717, 1.165) is 36.5 Å². The topological polar surface area (TPSA) is 23.6 Å². The number of benzene rings is 1. The fourth-order valence-corrected chi connectivity index (χ4v) is 4.34. The lowest BCUT2D eigenvalue weighted by Crippen LogP contribution is -2.39. The third-order valence-electron chi connectivity index (χ3n) is 4.60. The van der Waals surface area contributed by atoms with Crippen molar-refractivity contribution < 1.29 is 4.79 Å². The van der Waals surface area contributed by atoms with Crippen LogP contribution >= 0.6 is 22.9 Å². The first-order valence-corrected chi connectivity index (χ1v) is 9.73. The minimum Gasteiger partial charge on any atom is -0.334 e. The van der Waals surface area contributed by atoms with Crippen molar-refractivity contribution in [3.05, 3.63) is 57.2 Å². The zero-order valence-corrected chi connectivity index (χ0v) is 15.5. The Morgan fingerprint density at radius 3 is 2.88 bits per heavy atom. The lowest BCUT2D eigenvalue weighted by atomic mass is 10.2. The molecule has 1 fully saturated rings. The summed E-state index contributed by atoms with van der Waals surface area (Å²) in [6.07, 6.45) is 2.16. The molecule has 1 aliphatic rings. The molecule has 5 heteroatoms. The minimum absolute atomic E-state index is 0.222. The molecule has 0 saturated carbocycles. The Morgan fingerprint density at radius 2 is 2.17 bits per heavy atom. The molecular formula is C19H23ClN2OS. The van der Waals surface area contributed by atoms with Crippen LogP contribution in [0.5, 0.6) is 0 Å². The Balaban J connectivity index is 1.65. The van der Waals surface area contributed by atoms with Gasteiger partial charge in [0.15, 0.2) is 0 Å². The molecule has 1 atom stereocenters. The van der Waals surface area contributed by atoms with Gasteiger partial charge in [0.05, 0.1) is 12.6 Å². The van der Waals surface area contributed by atoms with Gasteiger partial charge in [-0.3, -0.25) is 9.69 Å². The Kier molecular flexibility index (Phi) is 5.93. The van der Waals surface area contributed by atoms with Gasteiger partial charge >= 0.3 is 0 Å². The maximum Gasteiger partial charge on any atom is 0.237 e. The summed E-state index contributed by atoms with van der Waals surface area (Å²) >= 11 is 8.00. The number of rotatable bonds is 6. The standard InChI is InChI=1S/C19H23ClN2OS/c1-2-21(13-15-7-3-4-8-16(15)20)14-19(23)22-11-5-9-17(22)18-10-6-12-24-18/h3-4,6-8,10,12,17H,2,5,9,11,13-14H2,1H3. The first-order valence-electron chi connectivity index (χ1n) is 8.47. The number of hydrogen-bond acceptors (Lipinski definition) is 3. The molecule has 2 heterocycles. The fourth-order valence-electron chi connectivity index (χ4n) is 3.27. The van der Waals surface area contributed by atoms with E-state index in [0.29, 0.717) is 13.1 Å². The van der Waals surface area contributed by atoms with Crippen molar-refractivity contribution in [2.75, 3.05) is 19.6 Å². The molecule has 128 valence electrons. The van der Waals surface area contributed by atoms with E-state index < -0.39 is 0 Å². The number of amides is 1. The second kappa shape index (κ2) is 8.15. The molecule has 1 aromatic heterocycles. The number of likely N-dealkylation sites (N-methyl/N-ethyl adjacent to an activating group) is 1. The van der Waals surface area contributed by atoms with E-state index in [4.69, 9.17) is 11.6 Å². The van der Waals surface area contributed by atoms with Crippen LogP contribution in [0.2, 0.25) is 5.02 Å². The zero-order valence-electron chi connectivity index (χ0n) is 14.0. The van der Waals surface area contributed by atoms with Gasteiger partial charge in [-0.25, -0.2) is 0 Å². The van der Waals surface area contributed by atoms with E-state index >= 15 is 0 Å². The number of hydrogen-bond donors (Lipinski definition) is 0. The van der Waals surface area contributed by atoms with Crippen LogP contribution in [-0.4, -0.2) is 35.3 Å². The molecular weight excluding hydrogens is 340 g/mol. The second-order valence-corrected chi connectivity index (χ2v) is 7.54. The van der Waals surface area contributed by atoms with Crippen LogP contribution in [0.4, 0.5) is 0 Å². The van der Waals surface area contributed by atoms with Gasteiger partial charge in [0.25, 0.3) is 0 Å². The van der Waals surface area contributed by atoms with Crippen LogP contribution in [0, 0.1) is 0 Å². The average Bonchev–Trinajstić information content (AvgIpc) is 3.26. The van der Waals surface area contributed by atoms with Crippen LogP contribution in [0.1, 0.15) is 36.2 Å². The Morgan fingerprint density at radius 1 is 1.33 bits per heavy atom. The summed E-state index contributed by atoms with van der Waals surface area (Å²) in [6, 6.07) is 12.3. The number of likely N-dealkylation sites (tertiary alicyclic amines) is 1. The van der Waals surface area contributed by atoms with Crippen LogP contribution in [0.3, 0.4) is 0 Å². The van der Waals surface area contributed by atoms with Gasteiger partial charge in [0.1, 0.15) is 0 Å². The van der Waals surface area contributed by atoms with E-state index in [-0.39, 0.29) is 11.9 Å². The molecule has 0 N–H and O–H groups in total. The summed E-state index contributed by atoms with van der Waals surface area (Å²) in [5, 5.41) is 2.85. The van der Waals surface area contributed by atoms with Gasteiger partial charge < -0.3 is 4.90 Å². The molecule has 0 bridgehead atoms. The van der Waals surface area contributed by atoms with Crippen molar-refractivity contribution in [3.63, 3.8) is 0 Å². The minimum atomic E-state index is 0.222. The summed E-state index contributed by atoms with van der Waals surface area (Å²) in [7, 11) is 0. The van der Waals surface area contributed by atoms with E-state index in [1.54, 1.807) is 11.3 Å². The predicted octanol–water partition coefficient (Wildman–Crippen LogP) is 4.59. The molecule has 0 aliphatic carbocycles. The molecule has 0 radical (unpaired) electrons. The fraction of sp³-hybridized carbons (Fsp3) is 0.421. The Labute approximate surface area is 152 Å². The van der Waals surface area contributed by atoms with Crippen molar-refractivity contribution in [1.82, 2.24) is 9.80 Å². The molecule has 1 saturated heterocycles. The summed E-state index contributed by atoms with van der Waals surface area (Å²) in [6.45, 7) is 4.94. The largest absolute Gasteiger partial charge is 0.334 e. The molecule has 2 aromatic rings. The lowest BCUT2D eigenvalue weighted by molar-refractivity contribution is -0.133. The van der Waals surface area contributed by atoms with Gasteiger partial charge in [-0.15, -0.1) is 11.3 Å². The highest BCUT2D eigenvalue weighted by Gasteiger charge is 2.31. The van der Waals surface area contributed by atoms with Gasteiger partial charge in [0, 0.05) is 23.0 Å². The maximum atomic E-state index is 12.9. The predicted molar refractivity (Wildman–Crippen MR) is 100 cm³/mol. The van der Waals surface area contributed by atoms with Gasteiger partial charge in [-0.2, -0.15) is 0 Å². The van der Waals surface area contributed by atoms with E-state index in [1.165, 1.54) is 4.88 Å². The first-order chi connectivity index (χ1) is 11.7. The molecule has 3 rings (SSSR count). The average molecular weight is 363 g/mol. The Bertz CT molecular complexity index is 674. The molecule has 1 unspecified atom stereocenters. The van der Waals surface area contributed by atoms with Crippen molar-refractivity contribution >= 4 is 28.8 Å². The van der Waals surface area contributed by atoms with Crippen LogP contribution < -0.4 is 0 Å². The Hall–Kier alpha value is -1.36. The highest BCUT2D eigenvalue weighted by atomic mass is 35.5. The third kappa shape index (κ3) is 4.00. The van der Waals surface area contributed by atoms with Crippen molar-refractivity contribution in [2.24, 2.45) is 0 Å². The number of carbonyl (C=O) groups excluding carboxylic acids is 1. The number of nitrogens with zero attached hydrogens (tertiary/aromatic N) is 2. The van der Waals surface area contributed by atoms with E-state index in [9.17, 15) is 4.79 Å². The lowest BCUT2D eigenvalue weighted by Gasteiger charge is -2.28. The number of halogens is 1. The normalized spacial score (nSPS) is 17.6. The zero-order chi connectivity index (χ0) is 16.9. The number of thiophene rings is 1. The van der Waals surface area contributed by atoms with Crippen LogP contribution in [0.25, 0.3) is 0 Å². The van der Waals surface area contributed by atoms with Crippen molar-refractivity contribution in [3.8, 4) is 0 Å². The smallest absolute Gasteiger partial charge is 0.237 e. The molecule has 24 heavy (non-hydrogen) atoms. The summed E-state index contributed by atoms with van der Waals surface area (Å²) < 4.78 is 0. The van der Waals surface area contributed by atoms with Gasteiger partial charge in [-0.05, 0) is 42.5 Å². The van der Waals surface area contributed by atoms with Crippen molar-refractivity contribution in [1.29, 1.82) is 0 Å². The number of carbonyl (C=O) groups is 1. The molecule has 1 amide bonds. The molecule has 3 nitrogen and oxygen atoms in total. The molecule has 0 spiro atoms. The second-order valence-electron chi connectivity index (χ2n) is 6.16. The maximum absolute atomic E-state index is 12.9. The highest BCUT2D eigenvalue weighted by Crippen LogP contribution is 2.34. The van der Waals surface area contributed by atoms with Crippen LogP contribution in [0.15, 0.2) is 41.8 Å². The first kappa shape index (κ1) is 17.5. The SMILES string of the molecule is CCN(CC(=O)N1CCCC1c1cccs1)Cc1ccccc1Cl. The van der Waals surface area contributed by atoms with Gasteiger partial charge in [-0.1, -0.05) is 42.8 Å². The van der Waals surface area contributed by atoms with Crippen LogP contribution in [-0.2, 0) is 11.3 Å². The van der Waals surface area contributed by atoms with E-state index in [2.05, 4.69) is 34.2 Å².